The van der Waals surface area contributed by atoms with Crippen molar-refractivity contribution in [2.75, 3.05) is 19.7 Å². The average Bonchev–Trinajstić information content (AvgIpc) is 2.33. The standard InChI is InChI=1S/C13H19NO2/c1-2-16-12-5-3-4-11(13(12)15)10-6-8-14-9-7-10/h3-5,10,14-15H,2,6-9H2,1H3. The number of piperidine rings is 1. The number of phenols is 1. The Morgan fingerprint density at radius 1 is 1.38 bits per heavy atom. The molecule has 0 amide bonds. The lowest BCUT2D eigenvalue weighted by Crippen LogP contribution is -2.26. The predicted molar refractivity (Wildman–Crippen MR) is 64.1 cm³/mol. The first-order valence-corrected chi connectivity index (χ1v) is 5.98. The fraction of sp³-hybridized carbons (Fsp3) is 0.538. The second-order valence-corrected chi connectivity index (χ2v) is 4.15. The minimum atomic E-state index is 0.330. The molecule has 2 rings (SSSR count). The summed E-state index contributed by atoms with van der Waals surface area (Å²) in [6, 6.07) is 5.79. The topological polar surface area (TPSA) is 41.5 Å². The van der Waals surface area contributed by atoms with Crippen LogP contribution in [0.25, 0.3) is 0 Å². The van der Waals surface area contributed by atoms with Gasteiger partial charge in [0.25, 0.3) is 0 Å². The normalized spacial score (nSPS) is 17.3. The third-order valence-electron chi connectivity index (χ3n) is 3.11. The van der Waals surface area contributed by atoms with Crippen molar-refractivity contribution in [3.05, 3.63) is 23.8 Å². The molecule has 1 aliphatic rings. The molecule has 1 aromatic carbocycles. The Kier molecular flexibility index (Phi) is 3.67. The summed E-state index contributed by atoms with van der Waals surface area (Å²) in [5, 5.41) is 13.5. The van der Waals surface area contributed by atoms with Gasteiger partial charge in [-0.3, -0.25) is 0 Å². The molecule has 0 radical (unpaired) electrons. The number of nitrogens with one attached hydrogen (secondary N) is 1. The van der Waals surface area contributed by atoms with E-state index in [2.05, 4.69) is 5.32 Å². The highest BCUT2D eigenvalue weighted by Crippen LogP contribution is 2.37. The van der Waals surface area contributed by atoms with E-state index in [-0.39, 0.29) is 0 Å². The van der Waals surface area contributed by atoms with Crippen LogP contribution in [0, 0.1) is 0 Å². The van der Waals surface area contributed by atoms with Gasteiger partial charge in [0.1, 0.15) is 0 Å². The van der Waals surface area contributed by atoms with Crippen molar-refractivity contribution in [1.82, 2.24) is 5.32 Å². The number of para-hydroxylation sites is 1. The van der Waals surface area contributed by atoms with Gasteiger partial charge in [-0.05, 0) is 44.8 Å². The van der Waals surface area contributed by atoms with Crippen LogP contribution >= 0.6 is 0 Å². The highest BCUT2D eigenvalue weighted by Gasteiger charge is 2.19. The highest BCUT2D eigenvalue weighted by molar-refractivity contribution is 5.47. The summed E-state index contributed by atoms with van der Waals surface area (Å²) in [6.45, 7) is 4.58. The lowest BCUT2D eigenvalue weighted by molar-refractivity contribution is 0.314. The Morgan fingerprint density at radius 2 is 2.12 bits per heavy atom. The zero-order valence-corrected chi connectivity index (χ0v) is 9.70. The van der Waals surface area contributed by atoms with E-state index < -0.39 is 0 Å². The molecule has 3 nitrogen and oxygen atoms in total. The second-order valence-electron chi connectivity index (χ2n) is 4.15. The van der Waals surface area contributed by atoms with E-state index >= 15 is 0 Å². The van der Waals surface area contributed by atoms with Gasteiger partial charge in [-0.25, -0.2) is 0 Å². The van der Waals surface area contributed by atoms with E-state index in [9.17, 15) is 5.11 Å². The summed E-state index contributed by atoms with van der Waals surface area (Å²) >= 11 is 0. The maximum Gasteiger partial charge on any atom is 0.161 e. The smallest absolute Gasteiger partial charge is 0.161 e. The number of benzene rings is 1. The van der Waals surface area contributed by atoms with E-state index in [1.165, 1.54) is 0 Å². The van der Waals surface area contributed by atoms with Gasteiger partial charge in [0.2, 0.25) is 0 Å². The maximum absolute atomic E-state index is 10.1. The molecular formula is C13H19NO2. The van der Waals surface area contributed by atoms with Crippen LogP contribution in [0.1, 0.15) is 31.2 Å². The lowest BCUT2D eigenvalue weighted by Gasteiger charge is -2.24. The first kappa shape index (κ1) is 11.3. The van der Waals surface area contributed by atoms with E-state index in [0.29, 0.717) is 24.0 Å². The van der Waals surface area contributed by atoms with Crippen LogP contribution in [0.4, 0.5) is 0 Å². The molecule has 0 unspecified atom stereocenters. The summed E-state index contributed by atoms with van der Waals surface area (Å²) < 4.78 is 5.40. The Bertz CT molecular complexity index is 346. The van der Waals surface area contributed by atoms with Crippen LogP contribution in [-0.2, 0) is 0 Å². The molecule has 0 saturated carbocycles. The summed E-state index contributed by atoms with van der Waals surface area (Å²) in [5.41, 5.74) is 1.03. The van der Waals surface area contributed by atoms with Crippen LogP contribution < -0.4 is 10.1 Å². The Balaban J connectivity index is 2.22. The maximum atomic E-state index is 10.1. The minimum Gasteiger partial charge on any atom is -0.504 e. The molecule has 0 bridgehead atoms. The number of hydrogen-bond donors (Lipinski definition) is 2. The van der Waals surface area contributed by atoms with Crippen molar-refractivity contribution in [2.45, 2.75) is 25.7 Å². The first-order chi connectivity index (χ1) is 7.83. The molecule has 1 heterocycles. The van der Waals surface area contributed by atoms with Crippen molar-refractivity contribution < 1.29 is 9.84 Å². The van der Waals surface area contributed by atoms with Crippen molar-refractivity contribution >= 4 is 0 Å². The fourth-order valence-electron chi connectivity index (χ4n) is 2.27. The average molecular weight is 221 g/mol. The van der Waals surface area contributed by atoms with Crippen molar-refractivity contribution in [1.29, 1.82) is 0 Å². The van der Waals surface area contributed by atoms with Crippen LogP contribution in [0.2, 0.25) is 0 Å². The minimum absolute atomic E-state index is 0.330. The van der Waals surface area contributed by atoms with Crippen LogP contribution in [-0.4, -0.2) is 24.8 Å². The molecule has 2 N–H and O–H groups in total. The summed E-state index contributed by atoms with van der Waals surface area (Å²) in [5.74, 6) is 1.40. The Morgan fingerprint density at radius 3 is 2.81 bits per heavy atom. The number of aromatic hydroxyl groups is 1. The van der Waals surface area contributed by atoms with Crippen molar-refractivity contribution in [2.24, 2.45) is 0 Å². The molecule has 0 atom stereocenters. The van der Waals surface area contributed by atoms with Gasteiger partial charge in [-0.1, -0.05) is 12.1 Å². The Labute approximate surface area is 96.4 Å². The summed E-state index contributed by atoms with van der Waals surface area (Å²) in [6.07, 6.45) is 2.17. The van der Waals surface area contributed by atoms with E-state index in [4.69, 9.17) is 4.74 Å². The molecule has 1 fully saturated rings. The van der Waals surface area contributed by atoms with Crippen LogP contribution in [0.5, 0.6) is 11.5 Å². The van der Waals surface area contributed by atoms with Gasteiger partial charge < -0.3 is 15.2 Å². The summed E-state index contributed by atoms with van der Waals surface area (Å²) in [7, 11) is 0. The van der Waals surface area contributed by atoms with Crippen molar-refractivity contribution in [3.8, 4) is 11.5 Å². The molecule has 0 spiro atoms. The second kappa shape index (κ2) is 5.21. The van der Waals surface area contributed by atoms with Gasteiger partial charge >= 0.3 is 0 Å². The van der Waals surface area contributed by atoms with E-state index in [0.717, 1.165) is 31.5 Å². The lowest BCUT2D eigenvalue weighted by atomic mass is 9.89. The molecule has 0 aromatic heterocycles. The zero-order chi connectivity index (χ0) is 11.4. The number of phenolic OH excluding ortho intramolecular Hbond substituents is 1. The Hall–Kier alpha value is -1.22. The van der Waals surface area contributed by atoms with E-state index in [1.54, 1.807) is 0 Å². The van der Waals surface area contributed by atoms with Gasteiger partial charge in [0.15, 0.2) is 11.5 Å². The van der Waals surface area contributed by atoms with Crippen LogP contribution in [0.15, 0.2) is 18.2 Å². The largest absolute Gasteiger partial charge is 0.504 e. The quantitative estimate of drug-likeness (QED) is 0.822. The molecule has 0 aliphatic carbocycles. The van der Waals surface area contributed by atoms with E-state index in [1.807, 2.05) is 25.1 Å². The van der Waals surface area contributed by atoms with Gasteiger partial charge in [0.05, 0.1) is 6.61 Å². The zero-order valence-electron chi connectivity index (χ0n) is 9.70. The number of ether oxygens (including phenoxy) is 1. The number of rotatable bonds is 3. The molecule has 88 valence electrons. The summed E-state index contributed by atoms with van der Waals surface area (Å²) in [4.78, 5) is 0. The predicted octanol–water partition coefficient (Wildman–Crippen LogP) is 2.26. The van der Waals surface area contributed by atoms with Gasteiger partial charge in [0, 0.05) is 5.56 Å². The molecular weight excluding hydrogens is 202 g/mol. The third kappa shape index (κ3) is 2.30. The number of hydrogen-bond acceptors (Lipinski definition) is 3. The first-order valence-electron chi connectivity index (χ1n) is 5.98. The molecule has 16 heavy (non-hydrogen) atoms. The molecule has 1 aromatic rings. The third-order valence-corrected chi connectivity index (χ3v) is 3.11. The molecule has 3 heteroatoms. The molecule has 1 saturated heterocycles. The highest BCUT2D eigenvalue weighted by atomic mass is 16.5. The molecule has 1 aliphatic heterocycles. The fourth-order valence-corrected chi connectivity index (χ4v) is 2.27. The monoisotopic (exact) mass is 221 g/mol. The van der Waals surface area contributed by atoms with Crippen LogP contribution in [0.3, 0.4) is 0 Å². The van der Waals surface area contributed by atoms with Crippen molar-refractivity contribution in [3.63, 3.8) is 0 Å². The van der Waals surface area contributed by atoms with Gasteiger partial charge in [-0.15, -0.1) is 0 Å². The van der Waals surface area contributed by atoms with Gasteiger partial charge in [-0.2, -0.15) is 0 Å². The SMILES string of the molecule is CCOc1cccc(C2CCNCC2)c1O.